The average Bonchev–Trinajstić information content (AvgIpc) is 1.85. The second-order valence-electron chi connectivity index (χ2n) is 3.71. The second-order valence-corrected chi connectivity index (χ2v) is 3.71. The molecular formula is C9H18N3+. The van der Waals surface area contributed by atoms with Gasteiger partial charge in [0, 0.05) is 11.8 Å². The number of allylic oxidation sites excluding steroid dienone is 1. The lowest BCUT2D eigenvalue weighted by Crippen LogP contribution is -2.65. The second kappa shape index (κ2) is 4.15. The summed E-state index contributed by atoms with van der Waals surface area (Å²) in [4.78, 5) is 0. The van der Waals surface area contributed by atoms with E-state index < -0.39 is 0 Å². The van der Waals surface area contributed by atoms with Crippen LogP contribution in [0.25, 0.3) is 0 Å². The first-order valence-electron chi connectivity index (χ1n) is 3.90. The molecule has 0 aromatic rings. The van der Waals surface area contributed by atoms with Gasteiger partial charge in [-0.05, 0) is 11.3 Å². The van der Waals surface area contributed by atoms with Crippen molar-refractivity contribution < 1.29 is 5.73 Å². The summed E-state index contributed by atoms with van der Waals surface area (Å²) in [6.45, 7) is 6.15. The predicted molar refractivity (Wildman–Crippen MR) is 50.4 cm³/mol. The third-order valence-electron chi connectivity index (χ3n) is 1.37. The highest BCUT2D eigenvalue weighted by atomic mass is 14.8. The van der Waals surface area contributed by atoms with Crippen molar-refractivity contribution in [1.82, 2.24) is 0 Å². The molecule has 68 valence electrons. The molecule has 0 aliphatic rings. The standard InChI is InChI=1S/C9H17N3/c1-9(2,3)7(6-10)4-5-8(11)12/h6,8H,10-12H2,1-3H3/p+1. The summed E-state index contributed by atoms with van der Waals surface area (Å²) in [5.41, 5.74) is 15.2. The molecule has 0 aromatic heterocycles. The van der Waals surface area contributed by atoms with Gasteiger partial charge in [0.15, 0.2) is 6.17 Å². The average molecular weight is 168 g/mol. The summed E-state index contributed by atoms with van der Waals surface area (Å²) in [6, 6.07) is 0. The minimum Gasteiger partial charge on any atom is -0.404 e. The minimum absolute atomic E-state index is 0.0172. The highest BCUT2D eigenvalue weighted by Crippen LogP contribution is 2.23. The lowest BCUT2D eigenvalue weighted by atomic mass is 9.87. The van der Waals surface area contributed by atoms with Gasteiger partial charge in [-0.3, -0.25) is 5.73 Å². The zero-order valence-electron chi connectivity index (χ0n) is 8.02. The lowest BCUT2D eigenvalue weighted by Gasteiger charge is -2.17. The Bertz CT molecular complexity index is 222. The van der Waals surface area contributed by atoms with Crippen LogP contribution < -0.4 is 17.2 Å². The Kier molecular flexibility index (Phi) is 3.81. The summed E-state index contributed by atoms with van der Waals surface area (Å²) in [5, 5.41) is 0. The van der Waals surface area contributed by atoms with Gasteiger partial charge in [-0.15, -0.1) is 0 Å². The Labute approximate surface area is 74.0 Å². The van der Waals surface area contributed by atoms with Crippen LogP contribution in [0.5, 0.6) is 0 Å². The van der Waals surface area contributed by atoms with E-state index >= 15 is 0 Å². The van der Waals surface area contributed by atoms with Gasteiger partial charge in [0.05, 0.1) is 0 Å². The van der Waals surface area contributed by atoms with Crippen molar-refractivity contribution in [2.75, 3.05) is 0 Å². The largest absolute Gasteiger partial charge is 0.404 e. The number of rotatable bonds is 0. The van der Waals surface area contributed by atoms with Gasteiger partial charge in [-0.25, -0.2) is 0 Å². The van der Waals surface area contributed by atoms with Crippen LogP contribution in [0.15, 0.2) is 11.8 Å². The van der Waals surface area contributed by atoms with Gasteiger partial charge >= 0.3 is 0 Å². The molecule has 0 aliphatic heterocycles. The van der Waals surface area contributed by atoms with Crippen LogP contribution in [0, 0.1) is 17.3 Å². The number of hydrogen-bond acceptors (Lipinski definition) is 2. The van der Waals surface area contributed by atoms with E-state index in [0.29, 0.717) is 0 Å². The van der Waals surface area contributed by atoms with Crippen LogP contribution in [0.4, 0.5) is 0 Å². The van der Waals surface area contributed by atoms with Crippen LogP contribution in [0.1, 0.15) is 20.8 Å². The third-order valence-corrected chi connectivity index (χ3v) is 1.37. The molecule has 0 aromatic carbocycles. The van der Waals surface area contributed by atoms with Gasteiger partial charge in [-0.2, -0.15) is 0 Å². The summed E-state index contributed by atoms with van der Waals surface area (Å²) < 4.78 is 0. The molecule has 0 bridgehead atoms. The SMILES string of the molecule is CC(C)(C)C(C#CC(N)[NH3+])=CN. The van der Waals surface area contributed by atoms with E-state index in [1.807, 2.05) is 0 Å². The maximum Gasteiger partial charge on any atom is 0.199 e. The van der Waals surface area contributed by atoms with Crippen molar-refractivity contribution >= 4 is 0 Å². The Hall–Kier alpha value is -0.980. The first kappa shape index (κ1) is 11.0. The maximum absolute atomic E-state index is 5.42. The molecule has 0 amide bonds. The highest BCUT2D eigenvalue weighted by molar-refractivity contribution is 5.33. The van der Waals surface area contributed by atoms with Gasteiger partial charge in [0.25, 0.3) is 0 Å². The van der Waals surface area contributed by atoms with Crippen LogP contribution in [-0.4, -0.2) is 6.17 Å². The van der Waals surface area contributed by atoms with Gasteiger partial charge in [0.2, 0.25) is 0 Å². The first-order valence-corrected chi connectivity index (χ1v) is 3.90. The molecule has 1 atom stereocenters. The van der Waals surface area contributed by atoms with E-state index in [9.17, 15) is 0 Å². The van der Waals surface area contributed by atoms with Crippen LogP contribution in [-0.2, 0) is 0 Å². The Morgan fingerprint density at radius 1 is 1.50 bits per heavy atom. The van der Waals surface area contributed by atoms with Crippen molar-refractivity contribution in [1.29, 1.82) is 0 Å². The zero-order valence-corrected chi connectivity index (χ0v) is 8.02. The van der Waals surface area contributed by atoms with E-state index in [1.165, 1.54) is 6.20 Å². The molecule has 0 saturated carbocycles. The molecule has 0 radical (unpaired) electrons. The fourth-order valence-corrected chi connectivity index (χ4v) is 0.650. The molecule has 12 heavy (non-hydrogen) atoms. The molecule has 3 nitrogen and oxygen atoms in total. The normalized spacial score (nSPS) is 14.9. The first-order chi connectivity index (χ1) is 5.38. The van der Waals surface area contributed by atoms with E-state index in [2.05, 4.69) is 38.3 Å². The fourth-order valence-electron chi connectivity index (χ4n) is 0.650. The summed E-state index contributed by atoms with van der Waals surface area (Å²) in [7, 11) is 0. The monoisotopic (exact) mass is 168 g/mol. The smallest absolute Gasteiger partial charge is 0.199 e. The minimum atomic E-state index is -0.345. The Morgan fingerprint density at radius 3 is 2.25 bits per heavy atom. The van der Waals surface area contributed by atoms with Gasteiger partial charge in [-0.1, -0.05) is 26.7 Å². The molecular weight excluding hydrogens is 150 g/mol. The Balaban J connectivity index is 4.56. The number of nitrogens with two attached hydrogens (primary N) is 2. The molecule has 0 spiro atoms. The quantitative estimate of drug-likeness (QED) is 0.334. The molecule has 0 aliphatic carbocycles. The van der Waals surface area contributed by atoms with Crippen molar-refractivity contribution in [3.63, 3.8) is 0 Å². The molecule has 0 saturated heterocycles. The predicted octanol–water partition coefficient (Wildman–Crippen LogP) is -0.595. The molecule has 3 heteroatoms. The maximum atomic E-state index is 5.42. The van der Waals surface area contributed by atoms with Crippen molar-refractivity contribution in [3.8, 4) is 11.8 Å². The number of quaternary nitrogens is 1. The number of hydrogen-bond donors (Lipinski definition) is 3. The van der Waals surface area contributed by atoms with E-state index in [0.717, 1.165) is 5.57 Å². The van der Waals surface area contributed by atoms with Crippen molar-refractivity contribution in [2.24, 2.45) is 16.9 Å². The van der Waals surface area contributed by atoms with Crippen LogP contribution in [0.3, 0.4) is 0 Å². The zero-order chi connectivity index (χ0) is 9.78. The fraction of sp³-hybridized carbons (Fsp3) is 0.556. The van der Waals surface area contributed by atoms with Crippen molar-refractivity contribution in [2.45, 2.75) is 26.9 Å². The van der Waals surface area contributed by atoms with Gasteiger partial charge in [0.1, 0.15) is 0 Å². The molecule has 7 N–H and O–H groups in total. The molecule has 1 unspecified atom stereocenters. The third kappa shape index (κ3) is 4.02. The topological polar surface area (TPSA) is 79.7 Å². The lowest BCUT2D eigenvalue weighted by molar-refractivity contribution is -0.397. The molecule has 0 rings (SSSR count). The summed E-state index contributed by atoms with van der Waals surface area (Å²) in [5.74, 6) is 5.68. The van der Waals surface area contributed by atoms with Crippen LogP contribution >= 0.6 is 0 Å². The van der Waals surface area contributed by atoms with Gasteiger partial charge < -0.3 is 11.5 Å². The molecule has 0 heterocycles. The van der Waals surface area contributed by atoms with Crippen LogP contribution in [0.2, 0.25) is 0 Å². The van der Waals surface area contributed by atoms with E-state index in [4.69, 9.17) is 11.5 Å². The van der Waals surface area contributed by atoms with Crippen molar-refractivity contribution in [3.05, 3.63) is 11.8 Å². The molecule has 0 fully saturated rings. The van der Waals surface area contributed by atoms with E-state index in [1.54, 1.807) is 0 Å². The van der Waals surface area contributed by atoms with E-state index in [-0.39, 0.29) is 11.6 Å². The Morgan fingerprint density at radius 2 is 2.00 bits per heavy atom. The summed E-state index contributed by atoms with van der Waals surface area (Å²) >= 11 is 0. The highest BCUT2D eigenvalue weighted by Gasteiger charge is 2.14. The summed E-state index contributed by atoms with van der Waals surface area (Å²) in [6.07, 6.45) is 1.18.